The van der Waals surface area contributed by atoms with Crippen molar-refractivity contribution in [2.24, 2.45) is 5.41 Å². The van der Waals surface area contributed by atoms with Crippen molar-refractivity contribution in [1.29, 1.82) is 5.26 Å². The van der Waals surface area contributed by atoms with E-state index in [-0.39, 0.29) is 5.41 Å². The molecular formula is C15H16BrN. The average molecular weight is 290 g/mol. The summed E-state index contributed by atoms with van der Waals surface area (Å²) in [5, 5.41) is 9.35. The van der Waals surface area contributed by atoms with Crippen LogP contribution in [0.2, 0.25) is 0 Å². The lowest BCUT2D eigenvalue weighted by atomic mass is 9.75. The Morgan fingerprint density at radius 3 is 2.35 bits per heavy atom. The fourth-order valence-electron chi connectivity index (χ4n) is 2.33. The van der Waals surface area contributed by atoms with Crippen LogP contribution in [0.1, 0.15) is 37.7 Å². The number of halogens is 1. The zero-order valence-corrected chi connectivity index (χ0v) is 11.4. The Balaban J connectivity index is 2.13. The number of nitriles is 1. The highest BCUT2D eigenvalue weighted by Gasteiger charge is 2.28. The molecule has 0 radical (unpaired) electrons. The standard InChI is InChI=1S/C15H16BrN/c16-14-6-4-13(5-7-14)8-11-15(12-17)9-2-1-3-10-15/h4-8,11H,1-3,9-10H2/b11-8+. The molecule has 1 aromatic carbocycles. The smallest absolute Gasteiger partial charge is 0.0756 e. The van der Waals surface area contributed by atoms with Gasteiger partial charge in [0.2, 0.25) is 0 Å². The molecule has 1 nitrogen and oxygen atoms in total. The van der Waals surface area contributed by atoms with E-state index in [1.54, 1.807) is 0 Å². The maximum absolute atomic E-state index is 9.35. The summed E-state index contributed by atoms with van der Waals surface area (Å²) >= 11 is 3.42. The van der Waals surface area contributed by atoms with Crippen LogP contribution in [0.5, 0.6) is 0 Å². The molecule has 0 bridgehead atoms. The Bertz CT molecular complexity index is 433. The Hall–Kier alpha value is -1.07. The van der Waals surface area contributed by atoms with E-state index in [1.165, 1.54) is 19.3 Å². The van der Waals surface area contributed by atoms with Gasteiger partial charge in [-0.15, -0.1) is 0 Å². The molecular weight excluding hydrogens is 274 g/mol. The van der Waals surface area contributed by atoms with Crippen LogP contribution in [0.3, 0.4) is 0 Å². The van der Waals surface area contributed by atoms with Crippen molar-refractivity contribution in [1.82, 2.24) is 0 Å². The summed E-state index contributed by atoms with van der Waals surface area (Å²) < 4.78 is 1.09. The first-order chi connectivity index (χ1) is 8.24. The van der Waals surface area contributed by atoms with Crippen LogP contribution in [0, 0.1) is 16.7 Å². The quantitative estimate of drug-likeness (QED) is 0.757. The normalized spacial score (nSPS) is 19.1. The van der Waals surface area contributed by atoms with E-state index >= 15 is 0 Å². The molecule has 0 spiro atoms. The highest BCUT2D eigenvalue weighted by atomic mass is 79.9. The Labute approximate surface area is 111 Å². The third kappa shape index (κ3) is 3.20. The van der Waals surface area contributed by atoms with Crippen molar-refractivity contribution in [3.63, 3.8) is 0 Å². The van der Waals surface area contributed by atoms with Crippen LogP contribution in [0.15, 0.2) is 34.8 Å². The lowest BCUT2D eigenvalue weighted by Crippen LogP contribution is -2.18. The lowest BCUT2D eigenvalue weighted by molar-refractivity contribution is 0.337. The van der Waals surface area contributed by atoms with Crippen molar-refractivity contribution >= 4 is 22.0 Å². The van der Waals surface area contributed by atoms with Gasteiger partial charge in [0.25, 0.3) is 0 Å². The summed E-state index contributed by atoms with van der Waals surface area (Å²) in [4.78, 5) is 0. The molecule has 0 aromatic heterocycles. The van der Waals surface area contributed by atoms with E-state index < -0.39 is 0 Å². The minimum Gasteiger partial charge on any atom is -0.197 e. The first-order valence-electron chi connectivity index (χ1n) is 6.10. The largest absolute Gasteiger partial charge is 0.197 e. The van der Waals surface area contributed by atoms with Gasteiger partial charge in [-0.3, -0.25) is 0 Å². The Morgan fingerprint density at radius 1 is 1.12 bits per heavy atom. The number of nitrogens with zero attached hydrogens (tertiary/aromatic N) is 1. The molecule has 0 heterocycles. The third-order valence-corrected chi connectivity index (χ3v) is 3.96. The van der Waals surface area contributed by atoms with E-state index in [0.29, 0.717) is 0 Å². The fourth-order valence-corrected chi connectivity index (χ4v) is 2.59. The van der Waals surface area contributed by atoms with Crippen molar-refractivity contribution in [2.75, 3.05) is 0 Å². The summed E-state index contributed by atoms with van der Waals surface area (Å²) in [7, 11) is 0. The van der Waals surface area contributed by atoms with Crippen LogP contribution >= 0.6 is 15.9 Å². The highest BCUT2D eigenvalue weighted by molar-refractivity contribution is 9.10. The number of rotatable bonds is 2. The first-order valence-corrected chi connectivity index (χ1v) is 6.89. The van der Waals surface area contributed by atoms with Gasteiger partial charge in [-0.1, -0.05) is 59.5 Å². The fraction of sp³-hybridized carbons (Fsp3) is 0.400. The molecule has 0 aliphatic heterocycles. The maximum Gasteiger partial charge on any atom is 0.0756 e. The van der Waals surface area contributed by atoms with E-state index in [4.69, 9.17) is 0 Å². The monoisotopic (exact) mass is 289 g/mol. The third-order valence-electron chi connectivity index (χ3n) is 3.43. The molecule has 1 saturated carbocycles. The summed E-state index contributed by atoms with van der Waals surface area (Å²) in [6.07, 6.45) is 9.84. The topological polar surface area (TPSA) is 23.8 Å². The number of hydrogen-bond acceptors (Lipinski definition) is 1. The average Bonchev–Trinajstić information content (AvgIpc) is 2.39. The number of allylic oxidation sites excluding steroid dienone is 1. The van der Waals surface area contributed by atoms with Gasteiger partial charge in [-0.25, -0.2) is 0 Å². The molecule has 2 heteroatoms. The van der Waals surface area contributed by atoms with Gasteiger partial charge < -0.3 is 0 Å². The van der Waals surface area contributed by atoms with Gasteiger partial charge >= 0.3 is 0 Å². The summed E-state index contributed by atoms with van der Waals surface area (Å²) in [5.74, 6) is 0. The summed E-state index contributed by atoms with van der Waals surface area (Å²) in [5.41, 5.74) is 0.944. The van der Waals surface area contributed by atoms with Gasteiger partial charge in [0, 0.05) is 4.47 Å². The van der Waals surface area contributed by atoms with Crippen LogP contribution in [-0.2, 0) is 0 Å². The second-order valence-corrected chi connectivity index (χ2v) is 5.63. The van der Waals surface area contributed by atoms with Gasteiger partial charge in [0.1, 0.15) is 0 Å². The molecule has 0 N–H and O–H groups in total. The molecule has 17 heavy (non-hydrogen) atoms. The van der Waals surface area contributed by atoms with Gasteiger partial charge in [-0.2, -0.15) is 5.26 Å². The van der Waals surface area contributed by atoms with E-state index in [1.807, 2.05) is 12.1 Å². The minimum absolute atomic E-state index is 0.217. The van der Waals surface area contributed by atoms with Crippen molar-refractivity contribution < 1.29 is 0 Å². The predicted octanol–water partition coefficient (Wildman–Crippen LogP) is 4.94. The first kappa shape index (κ1) is 12.4. The summed E-state index contributed by atoms with van der Waals surface area (Å²) in [6, 6.07) is 10.7. The highest BCUT2D eigenvalue weighted by Crippen LogP contribution is 2.37. The SMILES string of the molecule is N#CC1(/C=C/c2ccc(Br)cc2)CCCCC1. The van der Waals surface area contributed by atoms with Gasteiger partial charge in [-0.05, 0) is 30.5 Å². The van der Waals surface area contributed by atoms with Crippen LogP contribution in [0.4, 0.5) is 0 Å². The zero-order chi connectivity index (χ0) is 12.1. The number of hydrogen-bond donors (Lipinski definition) is 0. The predicted molar refractivity (Wildman–Crippen MR) is 74.3 cm³/mol. The molecule has 88 valence electrons. The van der Waals surface area contributed by atoms with Crippen LogP contribution in [-0.4, -0.2) is 0 Å². The van der Waals surface area contributed by atoms with Gasteiger partial charge in [0.05, 0.1) is 11.5 Å². The molecule has 2 rings (SSSR count). The van der Waals surface area contributed by atoms with Crippen molar-refractivity contribution in [3.05, 3.63) is 40.4 Å². The molecule has 1 aliphatic carbocycles. The van der Waals surface area contributed by atoms with Crippen LogP contribution in [0.25, 0.3) is 6.08 Å². The van der Waals surface area contributed by atoms with E-state index in [0.717, 1.165) is 22.9 Å². The molecule has 0 amide bonds. The molecule has 0 atom stereocenters. The van der Waals surface area contributed by atoms with Gasteiger partial charge in [0.15, 0.2) is 0 Å². The second-order valence-electron chi connectivity index (χ2n) is 4.71. The second kappa shape index (κ2) is 5.51. The molecule has 1 aromatic rings. The summed E-state index contributed by atoms with van der Waals surface area (Å²) in [6.45, 7) is 0. The van der Waals surface area contributed by atoms with Crippen molar-refractivity contribution in [2.45, 2.75) is 32.1 Å². The lowest BCUT2D eigenvalue weighted by Gasteiger charge is -2.27. The van der Waals surface area contributed by atoms with Crippen LogP contribution < -0.4 is 0 Å². The maximum atomic E-state index is 9.35. The molecule has 0 saturated heterocycles. The minimum atomic E-state index is -0.217. The van der Waals surface area contributed by atoms with Crippen molar-refractivity contribution in [3.8, 4) is 6.07 Å². The Morgan fingerprint density at radius 2 is 1.76 bits per heavy atom. The molecule has 0 unspecified atom stereocenters. The van der Waals surface area contributed by atoms with E-state index in [2.05, 4.69) is 46.3 Å². The molecule has 1 aliphatic rings. The zero-order valence-electron chi connectivity index (χ0n) is 9.82. The van der Waals surface area contributed by atoms with E-state index in [9.17, 15) is 5.26 Å². The Kier molecular flexibility index (Phi) is 4.02. The number of benzene rings is 1. The molecule has 1 fully saturated rings.